The fourth-order valence-electron chi connectivity index (χ4n) is 1.12. The van der Waals surface area contributed by atoms with Crippen LogP contribution in [0.15, 0.2) is 22.7 Å². The fraction of sp³-hybridized carbons (Fsp3) is 0.400. The third-order valence-electron chi connectivity index (χ3n) is 1.85. The van der Waals surface area contributed by atoms with Crippen LogP contribution in [0.25, 0.3) is 0 Å². The molecule has 0 bridgehead atoms. The van der Waals surface area contributed by atoms with Gasteiger partial charge in [-0.05, 0) is 31.2 Å². The monoisotopic (exact) mass is 297 g/mol. The molecule has 2 nitrogen and oxygen atoms in total. The maximum absolute atomic E-state index is 12.6. The first-order chi connectivity index (χ1) is 7.45. The van der Waals surface area contributed by atoms with Gasteiger partial charge in [-0.2, -0.15) is 13.2 Å². The van der Waals surface area contributed by atoms with Gasteiger partial charge in [-0.15, -0.1) is 0 Å². The van der Waals surface area contributed by atoms with Crippen molar-refractivity contribution in [3.63, 3.8) is 0 Å². The zero-order valence-corrected chi connectivity index (χ0v) is 9.94. The minimum absolute atomic E-state index is 0.163. The number of benzene rings is 1. The molecule has 2 N–H and O–H groups in total. The van der Waals surface area contributed by atoms with Crippen LogP contribution in [0.3, 0.4) is 0 Å². The van der Waals surface area contributed by atoms with E-state index in [1.165, 1.54) is 12.1 Å². The van der Waals surface area contributed by atoms with Crippen LogP contribution in [0.1, 0.15) is 12.0 Å². The Morgan fingerprint density at radius 2 is 2.00 bits per heavy atom. The van der Waals surface area contributed by atoms with Crippen LogP contribution >= 0.6 is 15.9 Å². The van der Waals surface area contributed by atoms with E-state index in [9.17, 15) is 13.2 Å². The third kappa shape index (κ3) is 3.68. The second-order valence-electron chi connectivity index (χ2n) is 3.13. The van der Waals surface area contributed by atoms with Crippen molar-refractivity contribution < 1.29 is 17.9 Å². The van der Waals surface area contributed by atoms with E-state index in [0.29, 0.717) is 17.4 Å². The summed E-state index contributed by atoms with van der Waals surface area (Å²) in [6, 6.07) is 3.80. The molecule has 0 unspecified atom stereocenters. The lowest BCUT2D eigenvalue weighted by molar-refractivity contribution is -0.139. The van der Waals surface area contributed by atoms with Gasteiger partial charge in [0.2, 0.25) is 0 Å². The zero-order valence-electron chi connectivity index (χ0n) is 8.35. The Morgan fingerprint density at radius 3 is 2.56 bits per heavy atom. The molecule has 0 spiro atoms. The van der Waals surface area contributed by atoms with E-state index in [1.807, 2.05) is 0 Å². The Balaban J connectivity index is 2.90. The van der Waals surface area contributed by atoms with E-state index in [1.54, 1.807) is 0 Å². The van der Waals surface area contributed by atoms with Crippen molar-refractivity contribution in [3.05, 3.63) is 28.2 Å². The highest BCUT2D eigenvalue weighted by Gasteiger charge is 2.34. The summed E-state index contributed by atoms with van der Waals surface area (Å²) in [5, 5.41) is 0. The largest absolute Gasteiger partial charge is 0.493 e. The third-order valence-corrected chi connectivity index (χ3v) is 2.35. The molecule has 16 heavy (non-hydrogen) atoms. The molecule has 6 heteroatoms. The smallest absolute Gasteiger partial charge is 0.420 e. The molecule has 0 aliphatic carbocycles. The van der Waals surface area contributed by atoms with Crippen molar-refractivity contribution in [1.29, 1.82) is 0 Å². The number of halogens is 4. The summed E-state index contributed by atoms with van der Waals surface area (Å²) in [4.78, 5) is 0. The average Bonchev–Trinajstić information content (AvgIpc) is 2.19. The molecule has 90 valence electrons. The second kappa shape index (κ2) is 5.54. The molecule has 0 aromatic heterocycles. The Labute approximate surface area is 99.7 Å². The summed E-state index contributed by atoms with van der Waals surface area (Å²) >= 11 is 3.00. The molecule has 0 saturated carbocycles. The van der Waals surface area contributed by atoms with Gasteiger partial charge in [0.25, 0.3) is 0 Å². The van der Waals surface area contributed by atoms with E-state index in [2.05, 4.69) is 15.9 Å². The molecule has 0 saturated heterocycles. The van der Waals surface area contributed by atoms with Gasteiger partial charge in [0, 0.05) is 4.47 Å². The van der Waals surface area contributed by atoms with Crippen molar-refractivity contribution in [1.82, 2.24) is 0 Å². The van der Waals surface area contributed by atoms with Crippen molar-refractivity contribution >= 4 is 15.9 Å². The van der Waals surface area contributed by atoms with Gasteiger partial charge < -0.3 is 10.5 Å². The lowest BCUT2D eigenvalue weighted by atomic mass is 10.2. The number of rotatable bonds is 4. The maximum Gasteiger partial charge on any atom is 0.420 e. The molecule has 0 amide bonds. The molecule has 0 atom stereocenters. The minimum atomic E-state index is -4.41. The summed E-state index contributed by atoms with van der Waals surface area (Å²) in [6.07, 6.45) is -3.89. The van der Waals surface area contributed by atoms with Crippen molar-refractivity contribution in [2.45, 2.75) is 12.6 Å². The van der Waals surface area contributed by atoms with Crippen LogP contribution in [0.2, 0.25) is 0 Å². The normalized spacial score (nSPS) is 11.6. The highest BCUT2D eigenvalue weighted by atomic mass is 79.9. The summed E-state index contributed by atoms with van der Waals surface area (Å²) in [5.41, 5.74) is 4.45. The van der Waals surface area contributed by atoms with Crippen LogP contribution in [-0.4, -0.2) is 13.2 Å². The van der Waals surface area contributed by atoms with Crippen molar-refractivity contribution in [2.75, 3.05) is 13.2 Å². The van der Waals surface area contributed by atoms with Gasteiger partial charge >= 0.3 is 6.18 Å². The van der Waals surface area contributed by atoms with Crippen LogP contribution in [0, 0.1) is 0 Å². The first-order valence-corrected chi connectivity index (χ1v) is 5.44. The predicted octanol–water partition coefficient (Wildman–Crippen LogP) is 3.20. The Morgan fingerprint density at radius 1 is 1.31 bits per heavy atom. The number of hydrogen-bond donors (Lipinski definition) is 1. The molecule has 0 aliphatic heterocycles. The number of nitrogens with two attached hydrogens (primary N) is 1. The molecule has 0 aliphatic rings. The topological polar surface area (TPSA) is 35.2 Å². The van der Waals surface area contributed by atoms with Crippen LogP contribution in [0.4, 0.5) is 13.2 Å². The Kier molecular flexibility index (Phi) is 4.61. The lowest BCUT2D eigenvalue weighted by Crippen LogP contribution is -2.11. The Bertz CT molecular complexity index is 354. The first kappa shape index (κ1) is 13.3. The van der Waals surface area contributed by atoms with Crippen LogP contribution in [-0.2, 0) is 6.18 Å². The Hall–Kier alpha value is -0.750. The highest BCUT2D eigenvalue weighted by Crippen LogP contribution is 2.37. The van der Waals surface area contributed by atoms with Crippen LogP contribution < -0.4 is 10.5 Å². The SMILES string of the molecule is NCCCOc1ccc(Br)cc1C(F)(F)F. The van der Waals surface area contributed by atoms with Gasteiger partial charge in [-0.1, -0.05) is 15.9 Å². The standard InChI is InChI=1S/C10H11BrF3NO/c11-7-2-3-9(16-5-1-4-15)8(6-7)10(12,13)14/h2-3,6H,1,4-5,15H2. The highest BCUT2D eigenvalue weighted by molar-refractivity contribution is 9.10. The van der Waals surface area contributed by atoms with Crippen molar-refractivity contribution in [3.8, 4) is 5.75 Å². The van der Waals surface area contributed by atoms with E-state index in [4.69, 9.17) is 10.5 Å². The summed E-state index contributed by atoms with van der Waals surface area (Å²) in [5.74, 6) is -0.163. The summed E-state index contributed by atoms with van der Waals surface area (Å²) < 4.78 is 43.2. The minimum Gasteiger partial charge on any atom is -0.493 e. The fourth-order valence-corrected chi connectivity index (χ4v) is 1.48. The molecular formula is C10H11BrF3NO. The molecule has 1 aromatic rings. The summed E-state index contributed by atoms with van der Waals surface area (Å²) in [7, 11) is 0. The average molecular weight is 298 g/mol. The number of ether oxygens (including phenoxy) is 1. The molecular weight excluding hydrogens is 287 g/mol. The predicted molar refractivity (Wildman–Crippen MR) is 58.3 cm³/mol. The molecule has 0 heterocycles. The molecule has 1 rings (SSSR count). The number of hydrogen-bond acceptors (Lipinski definition) is 2. The van der Waals surface area contributed by atoms with Crippen molar-refractivity contribution in [2.24, 2.45) is 5.73 Å². The first-order valence-electron chi connectivity index (χ1n) is 4.65. The van der Waals surface area contributed by atoms with Gasteiger partial charge in [-0.3, -0.25) is 0 Å². The molecule has 0 fully saturated rings. The maximum atomic E-state index is 12.6. The van der Waals surface area contributed by atoms with Gasteiger partial charge in [0.15, 0.2) is 0 Å². The van der Waals surface area contributed by atoms with E-state index in [-0.39, 0.29) is 12.4 Å². The van der Waals surface area contributed by atoms with Gasteiger partial charge in [0.1, 0.15) is 5.75 Å². The lowest BCUT2D eigenvalue weighted by Gasteiger charge is -2.14. The second-order valence-corrected chi connectivity index (χ2v) is 4.04. The van der Waals surface area contributed by atoms with Gasteiger partial charge in [-0.25, -0.2) is 0 Å². The molecule has 1 aromatic carbocycles. The molecule has 0 radical (unpaired) electrons. The number of alkyl halides is 3. The van der Waals surface area contributed by atoms with E-state index in [0.717, 1.165) is 6.07 Å². The van der Waals surface area contributed by atoms with Gasteiger partial charge in [0.05, 0.1) is 12.2 Å². The van der Waals surface area contributed by atoms with Crippen LogP contribution in [0.5, 0.6) is 5.75 Å². The zero-order chi connectivity index (χ0) is 12.2. The quantitative estimate of drug-likeness (QED) is 0.866. The summed E-state index contributed by atoms with van der Waals surface area (Å²) in [6.45, 7) is 0.569. The van der Waals surface area contributed by atoms with E-state index < -0.39 is 11.7 Å². The van der Waals surface area contributed by atoms with E-state index >= 15 is 0 Å².